The number of thiazole rings is 1. The summed E-state index contributed by atoms with van der Waals surface area (Å²) < 4.78 is 0. The Balaban J connectivity index is 2.32. The molecule has 0 aliphatic carbocycles. The molecule has 0 fully saturated rings. The van der Waals surface area contributed by atoms with E-state index in [1.165, 1.54) is 5.69 Å². The van der Waals surface area contributed by atoms with Crippen LogP contribution >= 0.6 is 11.3 Å². The Kier molecular flexibility index (Phi) is 5.76. The van der Waals surface area contributed by atoms with Gasteiger partial charge in [-0.05, 0) is 38.1 Å². The van der Waals surface area contributed by atoms with E-state index in [1.807, 2.05) is 6.20 Å². The van der Waals surface area contributed by atoms with E-state index >= 15 is 0 Å². The summed E-state index contributed by atoms with van der Waals surface area (Å²) in [7, 11) is 0. The van der Waals surface area contributed by atoms with Crippen molar-refractivity contribution in [1.29, 1.82) is 0 Å². The second kappa shape index (κ2) is 7.57. The van der Waals surface area contributed by atoms with E-state index in [4.69, 9.17) is 10.7 Å². The molecule has 3 N–H and O–H groups in total. The Hall–Kier alpha value is -1.17. The molecule has 0 radical (unpaired) electrons. The molecular weight excluding hydrogens is 268 g/mol. The third-order valence-electron chi connectivity index (χ3n) is 3.32. The van der Waals surface area contributed by atoms with Gasteiger partial charge in [0.25, 0.3) is 0 Å². The van der Waals surface area contributed by atoms with E-state index in [9.17, 15) is 0 Å². The van der Waals surface area contributed by atoms with Crippen LogP contribution in [0.5, 0.6) is 0 Å². The third kappa shape index (κ3) is 3.48. The quantitative estimate of drug-likeness (QED) is 0.786. The average molecular weight is 292 g/mol. The van der Waals surface area contributed by atoms with Crippen molar-refractivity contribution in [3.63, 3.8) is 0 Å². The molecule has 0 aliphatic rings. The fourth-order valence-electron chi connectivity index (χ4n) is 2.49. The molecule has 1 unspecified atom stereocenters. The molecule has 2 heterocycles. The average Bonchev–Trinajstić information content (AvgIpc) is 3.11. The summed E-state index contributed by atoms with van der Waals surface area (Å²) in [4.78, 5) is 10.6. The molecule has 0 aliphatic heterocycles. The summed E-state index contributed by atoms with van der Waals surface area (Å²) in [5.74, 6) is 0. The first-order valence-corrected chi connectivity index (χ1v) is 8.19. The highest BCUT2D eigenvalue weighted by Gasteiger charge is 2.24. The molecule has 0 saturated heterocycles. The van der Waals surface area contributed by atoms with Crippen LogP contribution in [0.25, 0.3) is 0 Å². The van der Waals surface area contributed by atoms with Gasteiger partial charge in [0.2, 0.25) is 0 Å². The predicted octanol–water partition coefficient (Wildman–Crippen LogP) is 3.14. The molecule has 4 nitrogen and oxygen atoms in total. The maximum atomic E-state index is 5.70. The highest BCUT2D eigenvalue weighted by Crippen LogP contribution is 2.30. The van der Waals surface area contributed by atoms with Crippen LogP contribution in [-0.4, -0.2) is 28.0 Å². The van der Waals surface area contributed by atoms with Gasteiger partial charge in [-0.15, -0.1) is 11.3 Å². The van der Waals surface area contributed by atoms with Crippen molar-refractivity contribution in [2.45, 2.75) is 39.3 Å². The number of H-pyrrole nitrogens is 1. The molecule has 20 heavy (non-hydrogen) atoms. The van der Waals surface area contributed by atoms with Crippen LogP contribution < -0.4 is 5.73 Å². The van der Waals surface area contributed by atoms with Crippen molar-refractivity contribution in [3.8, 4) is 0 Å². The van der Waals surface area contributed by atoms with Gasteiger partial charge in [0.1, 0.15) is 11.0 Å². The first-order chi connectivity index (χ1) is 9.80. The van der Waals surface area contributed by atoms with Crippen molar-refractivity contribution in [2.75, 3.05) is 13.1 Å². The molecular formula is C15H24N4S. The van der Waals surface area contributed by atoms with Gasteiger partial charge in [0.05, 0.1) is 5.69 Å². The topological polar surface area (TPSA) is 57.9 Å². The van der Waals surface area contributed by atoms with E-state index in [0.29, 0.717) is 6.54 Å². The maximum absolute atomic E-state index is 5.70. The Morgan fingerprint density at radius 1 is 1.35 bits per heavy atom. The van der Waals surface area contributed by atoms with Crippen LogP contribution in [0.4, 0.5) is 0 Å². The Labute approximate surface area is 125 Å². The second-order valence-corrected chi connectivity index (χ2v) is 5.83. The molecule has 5 heteroatoms. The van der Waals surface area contributed by atoms with E-state index in [2.05, 4.69) is 41.2 Å². The molecule has 0 saturated carbocycles. The van der Waals surface area contributed by atoms with Gasteiger partial charge >= 0.3 is 0 Å². The summed E-state index contributed by atoms with van der Waals surface area (Å²) in [6.45, 7) is 7.11. The Bertz CT molecular complexity index is 486. The van der Waals surface area contributed by atoms with Gasteiger partial charge in [0, 0.05) is 23.8 Å². The molecule has 1 atom stereocenters. The third-order valence-corrected chi connectivity index (χ3v) is 4.26. The fraction of sp³-hybridized carbons (Fsp3) is 0.533. The van der Waals surface area contributed by atoms with Crippen molar-refractivity contribution >= 4 is 11.3 Å². The van der Waals surface area contributed by atoms with E-state index < -0.39 is 0 Å². The van der Waals surface area contributed by atoms with Gasteiger partial charge in [0.15, 0.2) is 0 Å². The zero-order chi connectivity index (χ0) is 14.4. The highest BCUT2D eigenvalue weighted by atomic mass is 32.1. The summed E-state index contributed by atoms with van der Waals surface area (Å²) in [5.41, 5.74) is 7.89. The van der Waals surface area contributed by atoms with Crippen molar-refractivity contribution in [1.82, 2.24) is 14.9 Å². The molecule has 0 spiro atoms. The van der Waals surface area contributed by atoms with Crippen LogP contribution in [0.15, 0.2) is 23.7 Å². The van der Waals surface area contributed by atoms with Gasteiger partial charge < -0.3 is 10.7 Å². The highest BCUT2D eigenvalue weighted by molar-refractivity contribution is 7.09. The number of nitrogens with one attached hydrogen (secondary N) is 1. The van der Waals surface area contributed by atoms with Gasteiger partial charge in [-0.3, -0.25) is 4.90 Å². The lowest BCUT2D eigenvalue weighted by molar-refractivity contribution is 0.222. The lowest BCUT2D eigenvalue weighted by atomic mass is 10.1. The van der Waals surface area contributed by atoms with Gasteiger partial charge in [-0.2, -0.15) is 0 Å². The van der Waals surface area contributed by atoms with Crippen molar-refractivity contribution < 1.29 is 0 Å². The first-order valence-electron chi connectivity index (χ1n) is 7.31. The fourth-order valence-corrected chi connectivity index (χ4v) is 3.47. The minimum atomic E-state index is 0.218. The lowest BCUT2D eigenvalue weighted by Crippen LogP contribution is -2.31. The number of nitrogens with zero attached hydrogens (tertiary/aromatic N) is 2. The first kappa shape index (κ1) is 15.2. The van der Waals surface area contributed by atoms with E-state index in [0.717, 1.165) is 36.6 Å². The van der Waals surface area contributed by atoms with Crippen LogP contribution in [0.1, 0.15) is 49.1 Å². The number of hydrogen-bond acceptors (Lipinski definition) is 4. The molecule has 2 rings (SSSR count). The van der Waals surface area contributed by atoms with Crippen molar-refractivity contribution in [3.05, 3.63) is 40.1 Å². The van der Waals surface area contributed by atoms with Crippen LogP contribution in [0, 0.1) is 0 Å². The zero-order valence-corrected chi connectivity index (χ0v) is 13.1. The largest absolute Gasteiger partial charge is 0.363 e. The number of hydrogen-bond donors (Lipinski definition) is 2. The summed E-state index contributed by atoms with van der Waals surface area (Å²) in [5, 5.41) is 3.20. The normalized spacial score (nSPS) is 13.0. The summed E-state index contributed by atoms with van der Waals surface area (Å²) in [6, 6.07) is 4.41. The summed E-state index contributed by atoms with van der Waals surface area (Å²) >= 11 is 1.71. The lowest BCUT2D eigenvalue weighted by Gasteiger charge is -2.29. The van der Waals surface area contributed by atoms with Gasteiger partial charge in [-0.1, -0.05) is 13.8 Å². The predicted molar refractivity (Wildman–Crippen MR) is 84.8 cm³/mol. The summed E-state index contributed by atoms with van der Waals surface area (Å²) in [6.07, 6.45) is 4.27. The monoisotopic (exact) mass is 292 g/mol. The number of nitrogens with two attached hydrogens (primary N) is 1. The number of rotatable bonds is 8. The van der Waals surface area contributed by atoms with E-state index in [-0.39, 0.29) is 6.04 Å². The number of aromatic nitrogens is 2. The van der Waals surface area contributed by atoms with Gasteiger partial charge in [-0.25, -0.2) is 4.98 Å². The molecule has 0 aromatic carbocycles. The Morgan fingerprint density at radius 2 is 2.10 bits per heavy atom. The minimum absolute atomic E-state index is 0.218. The van der Waals surface area contributed by atoms with Crippen LogP contribution in [0.2, 0.25) is 0 Å². The Morgan fingerprint density at radius 3 is 2.60 bits per heavy atom. The molecule has 2 aromatic heterocycles. The molecule has 110 valence electrons. The number of aromatic amines is 1. The maximum Gasteiger partial charge on any atom is 0.116 e. The zero-order valence-electron chi connectivity index (χ0n) is 12.3. The van der Waals surface area contributed by atoms with Crippen molar-refractivity contribution in [2.24, 2.45) is 5.73 Å². The van der Waals surface area contributed by atoms with E-state index in [1.54, 1.807) is 11.3 Å². The second-order valence-electron chi connectivity index (χ2n) is 4.95. The van der Waals surface area contributed by atoms with Crippen LogP contribution in [-0.2, 0) is 6.54 Å². The molecule has 0 bridgehead atoms. The standard InChI is InChI=1S/C15H24N4S/c1-3-8-19(9-4-2)14(13-6-5-7-17-13)15-18-12(10-16)11-20-15/h5-7,11,14,17H,3-4,8-10,16H2,1-2H3. The molecule has 0 amide bonds. The SMILES string of the molecule is CCCN(CCC)C(c1ccc[nH]1)c1nc(CN)cs1. The minimum Gasteiger partial charge on any atom is -0.363 e. The molecule has 2 aromatic rings. The van der Waals surface area contributed by atoms with Crippen LogP contribution in [0.3, 0.4) is 0 Å². The smallest absolute Gasteiger partial charge is 0.116 e.